The number of para-hydroxylation sites is 1. The second kappa shape index (κ2) is 7.26. The first-order valence-electron chi connectivity index (χ1n) is 8.50. The second-order valence-corrected chi connectivity index (χ2v) is 7.36. The molecule has 0 N–H and O–H groups in total. The summed E-state index contributed by atoms with van der Waals surface area (Å²) in [7, 11) is 0. The second-order valence-electron chi connectivity index (χ2n) is 6.44. The van der Waals surface area contributed by atoms with Crippen LogP contribution >= 0.6 is 15.9 Å². The van der Waals surface area contributed by atoms with Crippen molar-refractivity contribution >= 4 is 33.1 Å². The quantitative estimate of drug-likeness (QED) is 0.377. The molecule has 1 heterocycles. The normalized spacial score (nSPS) is 13.9. The van der Waals surface area contributed by atoms with Gasteiger partial charge >= 0.3 is 6.18 Å². The van der Waals surface area contributed by atoms with E-state index in [0.29, 0.717) is 17.2 Å². The van der Waals surface area contributed by atoms with E-state index in [9.17, 15) is 22.0 Å². The highest BCUT2D eigenvalue weighted by atomic mass is 79.9. The first-order valence-corrected chi connectivity index (χ1v) is 9.29. The number of benzene rings is 3. The van der Waals surface area contributed by atoms with Crippen molar-refractivity contribution in [2.24, 2.45) is 4.99 Å². The molecule has 29 heavy (non-hydrogen) atoms. The third-order valence-electron chi connectivity index (χ3n) is 4.54. The van der Waals surface area contributed by atoms with Crippen molar-refractivity contribution in [2.45, 2.75) is 12.7 Å². The third kappa shape index (κ3) is 3.76. The number of hydrogen-bond acceptors (Lipinski definition) is 2. The Labute approximate surface area is 171 Å². The number of fused-ring (bicyclic) bond motifs is 1. The van der Waals surface area contributed by atoms with Crippen LogP contribution in [0.5, 0.6) is 0 Å². The Hall–Kier alpha value is -2.74. The SMILES string of the molecule is Fc1ccc(C(F)(F)F)cc1N1Cc2cccc(F)c2N=C1c1ccc(Br)cc1. The fraction of sp³-hybridized carbons (Fsp3) is 0.0952. The van der Waals surface area contributed by atoms with Crippen LogP contribution in [0.25, 0.3) is 0 Å². The first kappa shape index (κ1) is 19.6. The zero-order chi connectivity index (χ0) is 20.8. The summed E-state index contributed by atoms with van der Waals surface area (Å²) in [6.45, 7) is -0.0276. The van der Waals surface area contributed by atoms with Gasteiger partial charge in [0.05, 0.1) is 17.8 Å². The Morgan fingerprint density at radius 3 is 2.31 bits per heavy atom. The molecule has 0 bridgehead atoms. The summed E-state index contributed by atoms with van der Waals surface area (Å²) in [5.41, 5.74) is -0.207. The van der Waals surface area contributed by atoms with Crippen molar-refractivity contribution in [2.75, 3.05) is 4.90 Å². The predicted molar refractivity (Wildman–Crippen MR) is 104 cm³/mol. The average molecular weight is 467 g/mol. The molecule has 0 atom stereocenters. The van der Waals surface area contributed by atoms with Crippen LogP contribution in [0.3, 0.4) is 0 Å². The number of amidine groups is 1. The highest BCUT2D eigenvalue weighted by Gasteiger charge is 2.33. The van der Waals surface area contributed by atoms with Crippen molar-refractivity contribution in [1.82, 2.24) is 0 Å². The van der Waals surface area contributed by atoms with Crippen LogP contribution < -0.4 is 4.90 Å². The standard InChI is InChI=1S/C21H12BrF5N2/c22-15-7-4-12(5-8-15)20-28-19-13(2-1-3-17(19)24)11-29(20)18-10-14(21(25,26)27)6-9-16(18)23/h1-10H,11H2. The summed E-state index contributed by atoms with van der Waals surface area (Å²) >= 11 is 3.31. The summed E-state index contributed by atoms with van der Waals surface area (Å²) in [5, 5.41) is 0. The molecule has 0 saturated heterocycles. The van der Waals surface area contributed by atoms with Gasteiger partial charge in [-0.05, 0) is 36.4 Å². The molecule has 2 nitrogen and oxygen atoms in total. The molecule has 0 spiro atoms. The number of rotatable bonds is 2. The van der Waals surface area contributed by atoms with E-state index in [4.69, 9.17) is 0 Å². The number of anilines is 1. The van der Waals surface area contributed by atoms with E-state index in [1.807, 2.05) is 0 Å². The Morgan fingerprint density at radius 2 is 1.62 bits per heavy atom. The number of alkyl halides is 3. The maximum Gasteiger partial charge on any atom is 0.416 e. The lowest BCUT2D eigenvalue weighted by Crippen LogP contribution is -2.34. The van der Waals surface area contributed by atoms with Gasteiger partial charge in [0.1, 0.15) is 23.2 Å². The van der Waals surface area contributed by atoms with Crippen LogP contribution in [0.2, 0.25) is 0 Å². The molecular weight excluding hydrogens is 455 g/mol. The van der Waals surface area contributed by atoms with E-state index in [-0.39, 0.29) is 23.8 Å². The van der Waals surface area contributed by atoms with Crippen molar-refractivity contribution in [3.05, 3.63) is 93.5 Å². The maximum absolute atomic E-state index is 14.6. The molecule has 8 heteroatoms. The van der Waals surface area contributed by atoms with Crippen LogP contribution in [0.1, 0.15) is 16.7 Å². The maximum atomic E-state index is 14.6. The smallest absolute Gasteiger partial charge is 0.319 e. The molecule has 0 aliphatic carbocycles. The van der Waals surface area contributed by atoms with E-state index >= 15 is 0 Å². The average Bonchev–Trinajstić information content (AvgIpc) is 2.68. The largest absolute Gasteiger partial charge is 0.416 e. The minimum Gasteiger partial charge on any atom is -0.319 e. The monoisotopic (exact) mass is 466 g/mol. The summed E-state index contributed by atoms with van der Waals surface area (Å²) in [6, 6.07) is 13.3. The van der Waals surface area contributed by atoms with E-state index in [0.717, 1.165) is 16.6 Å². The molecule has 3 aromatic rings. The number of hydrogen-bond donors (Lipinski definition) is 0. The highest BCUT2D eigenvalue weighted by Crippen LogP contribution is 2.37. The molecule has 4 rings (SSSR count). The molecule has 0 amide bonds. The molecule has 148 valence electrons. The fourth-order valence-electron chi connectivity index (χ4n) is 3.14. The zero-order valence-electron chi connectivity index (χ0n) is 14.6. The Bertz CT molecular complexity index is 1110. The Balaban J connectivity index is 1.91. The van der Waals surface area contributed by atoms with Crippen molar-refractivity contribution in [1.29, 1.82) is 0 Å². The van der Waals surface area contributed by atoms with E-state index in [1.54, 1.807) is 30.3 Å². The summed E-state index contributed by atoms with van der Waals surface area (Å²) in [6.07, 6.45) is -4.63. The van der Waals surface area contributed by atoms with Gasteiger partial charge in [-0.1, -0.05) is 40.2 Å². The first-order chi connectivity index (χ1) is 13.7. The number of nitrogens with zero attached hydrogens (tertiary/aromatic N) is 2. The summed E-state index contributed by atoms with van der Waals surface area (Å²) in [5.74, 6) is -1.22. The van der Waals surface area contributed by atoms with Crippen LogP contribution in [-0.2, 0) is 12.7 Å². The van der Waals surface area contributed by atoms with Gasteiger partial charge in [-0.15, -0.1) is 0 Å². The van der Waals surface area contributed by atoms with E-state index in [2.05, 4.69) is 20.9 Å². The van der Waals surface area contributed by atoms with Crippen LogP contribution in [0, 0.1) is 11.6 Å². The highest BCUT2D eigenvalue weighted by molar-refractivity contribution is 9.10. The molecule has 0 unspecified atom stereocenters. The summed E-state index contributed by atoms with van der Waals surface area (Å²) in [4.78, 5) is 5.67. The van der Waals surface area contributed by atoms with Crippen molar-refractivity contribution < 1.29 is 22.0 Å². The summed E-state index contributed by atoms with van der Waals surface area (Å²) < 4.78 is 69.3. The lowest BCUT2D eigenvalue weighted by molar-refractivity contribution is -0.137. The predicted octanol–water partition coefficient (Wildman–Crippen LogP) is 6.84. The van der Waals surface area contributed by atoms with Gasteiger partial charge in [0.15, 0.2) is 0 Å². The number of aliphatic imine (C=N–C) groups is 1. The number of halogens is 6. The van der Waals surface area contributed by atoms with Gasteiger partial charge < -0.3 is 4.90 Å². The molecule has 0 saturated carbocycles. The van der Waals surface area contributed by atoms with Gasteiger partial charge in [-0.25, -0.2) is 13.8 Å². The molecule has 3 aromatic carbocycles. The molecule has 0 aromatic heterocycles. The van der Waals surface area contributed by atoms with Gasteiger partial charge in [0, 0.05) is 15.6 Å². The van der Waals surface area contributed by atoms with Gasteiger partial charge in [0.25, 0.3) is 0 Å². The molecule has 0 radical (unpaired) electrons. The molecule has 0 fully saturated rings. The minimum absolute atomic E-state index is 0.0276. The van der Waals surface area contributed by atoms with Crippen molar-refractivity contribution in [3.63, 3.8) is 0 Å². The van der Waals surface area contributed by atoms with E-state index < -0.39 is 23.4 Å². The lowest BCUT2D eigenvalue weighted by atomic mass is 10.0. The topological polar surface area (TPSA) is 15.6 Å². The minimum atomic E-state index is -4.63. The van der Waals surface area contributed by atoms with Crippen LogP contribution in [-0.4, -0.2) is 5.84 Å². The van der Waals surface area contributed by atoms with Gasteiger partial charge in [-0.2, -0.15) is 13.2 Å². The van der Waals surface area contributed by atoms with Crippen LogP contribution in [0.15, 0.2) is 70.1 Å². The Morgan fingerprint density at radius 1 is 0.897 bits per heavy atom. The molecule has 1 aliphatic heterocycles. The zero-order valence-corrected chi connectivity index (χ0v) is 16.2. The molecule has 1 aliphatic rings. The van der Waals surface area contributed by atoms with Gasteiger partial charge in [-0.3, -0.25) is 0 Å². The van der Waals surface area contributed by atoms with Crippen molar-refractivity contribution in [3.8, 4) is 0 Å². The third-order valence-corrected chi connectivity index (χ3v) is 5.07. The molecular formula is C21H12BrF5N2. The lowest BCUT2D eigenvalue weighted by Gasteiger charge is -2.31. The van der Waals surface area contributed by atoms with Crippen LogP contribution in [0.4, 0.5) is 33.3 Å². The van der Waals surface area contributed by atoms with Gasteiger partial charge in [0.2, 0.25) is 0 Å². The fourth-order valence-corrected chi connectivity index (χ4v) is 3.40. The Kier molecular flexibility index (Phi) is 4.90. The van der Waals surface area contributed by atoms with E-state index in [1.165, 1.54) is 17.0 Å².